The first-order valence-electron chi connectivity index (χ1n) is 7.24. The van der Waals surface area contributed by atoms with Gasteiger partial charge >= 0.3 is 0 Å². The maximum Gasteiger partial charge on any atom is 0.224 e. The molecule has 1 fully saturated rings. The second-order valence-electron chi connectivity index (χ2n) is 5.54. The predicted molar refractivity (Wildman–Crippen MR) is 78.5 cm³/mol. The van der Waals surface area contributed by atoms with Crippen molar-refractivity contribution in [3.05, 3.63) is 29.3 Å². The number of anilines is 1. The zero-order valence-electron chi connectivity index (χ0n) is 12.2. The Hall–Kier alpha value is -1.39. The van der Waals surface area contributed by atoms with E-state index in [4.69, 9.17) is 9.84 Å². The summed E-state index contributed by atoms with van der Waals surface area (Å²) in [5, 5.41) is 12.0. The van der Waals surface area contributed by atoms with Crippen LogP contribution < -0.4 is 5.32 Å². The lowest BCUT2D eigenvalue weighted by atomic mass is 10.1. The first-order chi connectivity index (χ1) is 9.58. The summed E-state index contributed by atoms with van der Waals surface area (Å²) in [5.41, 5.74) is 2.59. The lowest BCUT2D eigenvalue weighted by molar-refractivity contribution is -0.116. The van der Waals surface area contributed by atoms with Crippen molar-refractivity contribution in [2.75, 3.05) is 5.32 Å². The van der Waals surface area contributed by atoms with Crippen molar-refractivity contribution in [3.63, 3.8) is 0 Å². The zero-order valence-corrected chi connectivity index (χ0v) is 12.2. The van der Waals surface area contributed by atoms with Gasteiger partial charge in [-0.05, 0) is 50.3 Å². The summed E-state index contributed by atoms with van der Waals surface area (Å²) in [6.07, 6.45) is 3.93. The van der Waals surface area contributed by atoms with Crippen LogP contribution in [0.25, 0.3) is 0 Å². The molecule has 0 saturated carbocycles. The number of aliphatic hydroxyl groups is 1. The van der Waals surface area contributed by atoms with Gasteiger partial charge in [-0.25, -0.2) is 0 Å². The van der Waals surface area contributed by atoms with Crippen LogP contribution in [0, 0.1) is 6.92 Å². The highest BCUT2D eigenvalue weighted by molar-refractivity contribution is 5.91. The van der Waals surface area contributed by atoms with E-state index < -0.39 is 0 Å². The fraction of sp³-hybridized carbons (Fsp3) is 0.562. The van der Waals surface area contributed by atoms with Crippen LogP contribution in [-0.4, -0.2) is 23.2 Å². The number of amides is 1. The maximum atomic E-state index is 12.0. The van der Waals surface area contributed by atoms with Crippen LogP contribution >= 0.6 is 0 Å². The van der Waals surface area contributed by atoms with Crippen molar-refractivity contribution in [3.8, 4) is 0 Å². The molecule has 4 nitrogen and oxygen atoms in total. The van der Waals surface area contributed by atoms with Crippen LogP contribution in [0.15, 0.2) is 18.2 Å². The summed E-state index contributed by atoms with van der Waals surface area (Å²) < 4.78 is 5.71. The molecule has 1 heterocycles. The van der Waals surface area contributed by atoms with Crippen molar-refractivity contribution in [1.29, 1.82) is 0 Å². The van der Waals surface area contributed by atoms with Crippen molar-refractivity contribution in [2.24, 2.45) is 0 Å². The normalized spacial score (nSPS) is 21.9. The molecular weight excluding hydrogens is 254 g/mol. The number of ether oxygens (including phenoxy) is 1. The lowest BCUT2D eigenvalue weighted by Gasteiger charge is -2.12. The molecule has 1 aliphatic heterocycles. The highest BCUT2D eigenvalue weighted by atomic mass is 16.5. The minimum Gasteiger partial charge on any atom is -0.392 e. The molecule has 2 N–H and O–H groups in total. The molecule has 0 aliphatic carbocycles. The Balaban J connectivity index is 1.85. The largest absolute Gasteiger partial charge is 0.392 e. The number of hydrogen-bond donors (Lipinski definition) is 2. The Bertz CT molecular complexity index is 473. The third-order valence-electron chi connectivity index (χ3n) is 3.77. The number of hydrogen-bond acceptors (Lipinski definition) is 3. The van der Waals surface area contributed by atoms with E-state index in [2.05, 4.69) is 12.2 Å². The molecule has 4 heteroatoms. The Kier molecular flexibility index (Phi) is 5.15. The van der Waals surface area contributed by atoms with Crippen molar-refractivity contribution in [1.82, 2.24) is 0 Å². The van der Waals surface area contributed by atoms with Crippen molar-refractivity contribution in [2.45, 2.75) is 58.3 Å². The smallest absolute Gasteiger partial charge is 0.224 e. The summed E-state index contributed by atoms with van der Waals surface area (Å²) in [6.45, 7) is 4.00. The molecule has 0 aromatic heterocycles. The van der Waals surface area contributed by atoms with Crippen molar-refractivity contribution < 1.29 is 14.6 Å². The average Bonchev–Trinajstić information content (AvgIpc) is 2.85. The van der Waals surface area contributed by atoms with Gasteiger partial charge in [0, 0.05) is 12.1 Å². The second kappa shape index (κ2) is 6.86. The second-order valence-corrected chi connectivity index (χ2v) is 5.54. The summed E-state index contributed by atoms with van der Waals surface area (Å²) in [5.74, 6) is 0.00587. The molecule has 1 aliphatic rings. The third kappa shape index (κ3) is 4.05. The van der Waals surface area contributed by atoms with E-state index in [0.717, 1.165) is 36.1 Å². The van der Waals surface area contributed by atoms with Crippen LogP contribution in [0.2, 0.25) is 0 Å². The molecule has 1 aromatic carbocycles. The summed E-state index contributed by atoms with van der Waals surface area (Å²) >= 11 is 0. The first kappa shape index (κ1) is 15.0. The highest BCUT2D eigenvalue weighted by Crippen LogP contribution is 2.23. The molecular formula is C16H23NO3. The molecule has 0 spiro atoms. The van der Waals surface area contributed by atoms with E-state index in [1.54, 1.807) is 0 Å². The van der Waals surface area contributed by atoms with Gasteiger partial charge in [0.2, 0.25) is 5.91 Å². The SMILES string of the molecule is Cc1ccc(CO)cc1NC(=O)CCC1CCC(C)O1. The fourth-order valence-electron chi connectivity index (χ4n) is 2.50. The van der Waals surface area contributed by atoms with Crippen LogP contribution in [0.3, 0.4) is 0 Å². The van der Waals surface area contributed by atoms with Crippen LogP contribution in [0.1, 0.15) is 43.7 Å². The molecule has 0 bridgehead atoms. The van der Waals surface area contributed by atoms with Crippen LogP contribution in [-0.2, 0) is 16.1 Å². The van der Waals surface area contributed by atoms with E-state index in [1.807, 2.05) is 25.1 Å². The van der Waals surface area contributed by atoms with Crippen LogP contribution in [0.5, 0.6) is 0 Å². The molecule has 2 unspecified atom stereocenters. The number of benzene rings is 1. The van der Waals surface area contributed by atoms with Gasteiger partial charge < -0.3 is 15.2 Å². The van der Waals surface area contributed by atoms with Gasteiger partial charge in [0.05, 0.1) is 18.8 Å². The van der Waals surface area contributed by atoms with Gasteiger partial charge in [0.1, 0.15) is 0 Å². The number of aliphatic hydroxyl groups excluding tert-OH is 1. The standard InChI is InChI=1S/C16H23NO3/c1-11-3-5-13(10-18)9-15(11)17-16(19)8-7-14-6-4-12(2)20-14/h3,5,9,12,14,18H,4,6-8,10H2,1-2H3,(H,17,19). The van der Waals surface area contributed by atoms with E-state index in [-0.39, 0.29) is 18.6 Å². The quantitative estimate of drug-likeness (QED) is 0.870. The predicted octanol–water partition coefficient (Wildman–Crippen LogP) is 2.77. The van der Waals surface area contributed by atoms with E-state index in [9.17, 15) is 4.79 Å². The first-order valence-corrected chi connectivity index (χ1v) is 7.24. The van der Waals surface area contributed by atoms with Gasteiger partial charge in [-0.15, -0.1) is 0 Å². The summed E-state index contributed by atoms with van der Waals surface area (Å²) in [6, 6.07) is 5.59. The van der Waals surface area contributed by atoms with Gasteiger partial charge in [0.25, 0.3) is 0 Å². The maximum absolute atomic E-state index is 12.0. The van der Waals surface area contributed by atoms with Gasteiger partial charge in [-0.1, -0.05) is 12.1 Å². The number of aryl methyl sites for hydroxylation is 1. The highest BCUT2D eigenvalue weighted by Gasteiger charge is 2.22. The number of nitrogens with one attached hydrogen (secondary N) is 1. The number of carbonyl (C=O) groups is 1. The molecule has 1 aromatic rings. The molecule has 1 saturated heterocycles. The van der Waals surface area contributed by atoms with Gasteiger partial charge in [-0.3, -0.25) is 4.79 Å². The minimum atomic E-state index is -0.0169. The molecule has 2 atom stereocenters. The monoisotopic (exact) mass is 277 g/mol. The Labute approximate surface area is 120 Å². The fourth-order valence-corrected chi connectivity index (χ4v) is 2.50. The molecule has 20 heavy (non-hydrogen) atoms. The topological polar surface area (TPSA) is 58.6 Å². The number of rotatable bonds is 5. The van der Waals surface area contributed by atoms with E-state index in [0.29, 0.717) is 12.5 Å². The molecule has 1 amide bonds. The molecule has 0 radical (unpaired) electrons. The van der Waals surface area contributed by atoms with Crippen LogP contribution in [0.4, 0.5) is 5.69 Å². The van der Waals surface area contributed by atoms with E-state index >= 15 is 0 Å². The minimum absolute atomic E-state index is 0.00587. The average molecular weight is 277 g/mol. The Morgan fingerprint density at radius 1 is 1.45 bits per heavy atom. The molecule has 2 rings (SSSR count). The zero-order chi connectivity index (χ0) is 14.5. The Morgan fingerprint density at radius 2 is 2.25 bits per heavy atom. The molecule has 110 valence electrons. The Morgan fingerprint density at radius 3 is 2.90 bits per heavy atom. The summed E-state index contributed by atoms with van der Waals surface area (Å²) in [7, 11) is 0. The van der Waals surface area contributed by atoms with Gasteiger partial charge in [-0.2, -0.15) is 0 Å². The third-order valence-corrected chi connectivity index (χ3v) is 3.77. The van der Waals surface area contributed by atoms with E-state index in [1.165, 1.54) is 0 Å². The summed E-state index contributed by atoms with van der Waals surface area (Å²) in [4.78, 5) is 12.0. The number of carbonyl (C=O) groups excluding carboxylic acids is 1. The van der Waals surface area contributed by atoms with Crippen molar-refractivity contribution >= 4 is 11.6 Å². The van der Waals surface area contributed by atoms with Gasteiger partial charge in [0.15, 0.2) is 0 Å². The lowest BCUT2D eigenvalue weighted by Crippen LogP contribution is -2.16.